The predicted octanol–water partition coefficient (Wildman–Crippen LogP) is 4.80. The molecule has 40 heavy (non-hydrogen) atoms. The molecule has 1 saturated heterocycles. The van der Waals surface area contributed by atoms with Crippen LogP contribution in [0, 0.1) is 6.92 Å². The van der Waals surface area contributed by atoms with Gasteiger partial charge in [-0.1, -0.05) is 20.3 Å². The second-order valence-corrected chi connectivity index (χ2v) is 11.9. The lowest BCUT2D eigenvalue weighted by molar-refractivity contribution is -0.140. The Bertz CT molecular complexity index is 1420. The van der Waals surface area contributed by atoms with Crippen molar-refractivity contribution >= 4 is 28.6 Å². The minimum atomic E-state index is -0.489. The normalized spacial score (nSPS) is 17.5. The van der Waals surface area contributed by atoms with Crippen molar-refractivity contribution in [2.24, 2.45) is 7.05 Å². The first kappa shape index (κ1) is 28.0. The van der Waals surface area contributed by atoms with Gasteiger partial charge < -0.3 is 23.9 Å². The molecule has 0 spiro atoms. The zero-order valence-corrected chi connectivity index (χ0v) is 24.5. The van der Waals surface area contributed by atoms with E-state index < -0.39 is 11.4 Å². The molecule has 3 aromatic rings. The molecule has 1 N–H and O–H groups in total. The van der Waals surface area contributed by atoms with Crippen LogP contribution in [-0.2, 0) is 22.0 Å². The molecule has 0 atom stereocenters. The maximum Gasteiger partial charge on any atom is 0.342 e. The number of aromatic amines is 1. The van der Waals surface area contributed by atoms with E-state index in [9.17, 15) is 9.59 Å². The summed E-state index contributed by atoms with van der Waals surface area (Å²) < 4.78 is 13.6. The second-order valence-electron chi connectivity index (χ2n) is 11.9. The molecule has 214 valence electrons. The minimum Gasteiger partial charge on any atom is -0.492 e. The van der Waals surface area contributed by atoms with Gasteiger partial charge in [-0.25, -0.2) is 9.78 Å². The van der Waals surface area contributed by atoms with Crippen LogP contribution in [0.1, 0.15) is 74.4 Å². The monoisotopic (exact) mass is 547 g/mol. The number of amides is 1. The molecule has 9 heteroatoms. The van der Waals surface area contributed by atoms with Crippen LogP contribution in [0.3, 0.4) is 0 Å². The summed E-state index contributed by atoms with van der Waals surface area (Å²) in [6, 6.07) is 7.26. The smallest absolute Gasteiger partial charge is 0.342 e. The van der Waals surface area contributed by atoms with Crippen molar-refractivity contribution < 1.29 is 19.1 Å². The Morgan fingerprint density at radius 1 is 1.10 bits per heavy atom. The molecule has 4 heterocycles. The number of esters is 1. The topological polar surface area (TPSA) is 92.7 Å². The highest BCUT2D eigenvalue weighted by Gasteiger charge is 2.39. The van der Waals surface area contributed by atoms with Crippen molar-refractivity contribution in [1.82, 2.24) is 24.3 Å². The summed E-state index contributed by atoms with van der Waals surface area (Å²) in [4.78, 5) is 39.3. The number of aromatic nitrogens is 3. The number of fused-ring (bicyclic) bond motifs is 3. The third-order valence-electron chi connectivity index (χ3n) is 7.90. The van der Waals surface area contributed by atoms with Crippen molar-refractivity contribution in [3.8, 4) is 5.75 Å². The van der Waals surface area contributed by atoms with Crippen molar-refractivity contribution in [2.75, 3.05) is 32.8 Å². The molecule has 0 radical (unpaired) electrons. The number of ether oxygens (including phenoxy) is 2. The third kappa shape index (κ3) is 5.52. The van der Waals surface area contributed by atoms with E-state index in [4.69, 9.17) is 9.47 Å². The lowest BCUT2D eigenvalue weighted by Gasteiger charge is -2.29. The average molecular weight is 548 g/mol. The van der Waals surface area contributed by atoms with Crippen LogP contribution in [0.25, 0.3) is 16.7 Å². The molecule has 2 aliphatic rings. The van der Waals surface area contributed by atoms with Gasteiger partial charge in [0.15, 0.2) is 5.65 Å². The molecule has 9 nitrogen and oxygen atoms in total. The third-order valence-corrected chi connectivity index (χ3v) is 7.90. The minimum absolute atomic E-state index is 0.189. The zero-order chi connectivity index (χ0) is 28.6. The molecule has 1 fully saturated rings. The van der Waals surface area contributed by atoms with Gasteiger partial charge in [-0.15, -0.1) is 0 Å². The lowest BCUT2D eigenvalue weighted by Crippen LogP contribution is -2.37. The second kappa shape index (κ2) is 11.1. The van der Waals surface area contributed by atoms with Crippen LogP contribution in [0.2, 0.25) is 0 Å². The van der Waals surface area contributed by atoms with Gasteiger partial charge in [0.2, 0.25) is 0 Å². The van der Waals surface area contributed by atoms with E-state index in [1.54, 1.807) is 23.2 Å². The quantitative estimate of drug-likeness (QED) is 0.427. The Morgan fingerprint density at radius 2 is 1.80 bits per heavy atom. The summed E-state index contributed by atoms with van der Waals surface area (Å²) in [5.74, 6) is 0.939. The van der Waals surface area contributed by atoms with Gasteiger partial charge >= 0.3 is 5.97 Å². The summed E-state index contributed by atoms with van der Waals surface area (Å²) in [6.07, 6.45) is 5.16. The van der Waals surface area contributed by atoms with Gasteiger partial charge in [0.05, 0.1) is 22.9 Å². The number of piperidine rings is 1. The predicted molar refractivity (Wildman–Crippen MR) is 155 cm³/mol. The van der Waals surface area contributed by atoms with Gasteiger partial charge in [-0.2, -0.15) is 0 Å². The number of aryl methyl sites for hydroxylation is 2. The van der Waals surface area contributed by atoms with E-state index in [2.05, 4.69) is 28.7 Å². The first-order chi connectivity index (χ1) is 19.0. The number of likely N-dealkylation sites (tertiary alicyclic amines) is 1. The van der Waals surface area contributed by atoms with Gasteiger partial charge in [0.1, 0.15) is 18.2 Å². The Morgan fingerprint density at radius 3 is 2.48 bits per heavy atom. The molecule has 2 aromatic heterocycles. The summed E-state index contributed by atoms with van der Waals surface area (Å²) >= 11 is 0. The number of nitrogens with one attached hydrogen (secondary N) is 1. The number of carbonyl (C=O) groups is 2. The van der Waals surface area contributed by atoms with Crippen molar-refractivity contribution in [3.05, 3.63) is 53.1 Å². The molecule has 0 bridgehead atoms. The standard InChI is InChI=1S/C31H41N5O4/c1-20(2)40-30(38)24-18-36(19-31(4,5)25-26(24)33-28-27(25)34(6)21(3)32-28)29(37)22-10-12-23(13-11-22)39-17-16-35-14-8-7-9-15-35/h10-13,18,20,33H,7-9,14-17,19H2,1-6H3. The highest BCUT2D eigenvalue weighted by molar-refractivity contribution is 6.18. The van der Waals surface area contributed by atoms with Crippen molar-refractivity contribution in [3.63, 3.8) is 0 Å². The Balaban J connectivity index is 1.41. The van der Waals surface area contributed by atoms with Crippen molar-refractivity contribution in [1.29, 1.82) is 0 Å². The molecular weight excluding hydrogens is 506 g/mol. The number of nitrogens with zero attached hydrogens (tertiary/aromatic N) is 4. The number of rotatable bonds is 7. The van der Waals surface area contributed by atoms with Crippen LogP contribution in [-0.4, -0.2) is 75.1 Å². The van der Waals surface area contributed by atoms with Gasteiger partial charge in [0, 0.05) is 42.9 Å². The number of hydrogen-bond donors (Lipinski definition) is 1. The maximum atomic E-state index is 13.8. The molecule has 0 unspecified atom stereocenters. The summed E-state index contributed by atoms with van der Waals surface area (Å²) in [6.45, 7) is 13.9. The van der Waals surface area contributed by atoms with Crippen LogP contribution in [0.4, 0.5) is 0 Å². The van der Waals surface area contributed by atoms with Crippen LogP contribution >= 0.6 is 0 Å². The molecular formula is C31H41N5O4. The maximum absolute atomic E-state index is 13.8. The average Bonchev–Trinajstić information content (AvgIpc) is 3.38. The summed E-state index contributed by atoms with van der Waals surface area (Å²) in [5.41, 5.74) is 3.60. The molecule has 1 aromatic carbocycles. The van der Waals surface area contributed by atoms with E-state index in [-0.39, 0.29) is 12.0 Å². The van der Waals surface area contributed by atoms with Crippen molar-refractivity contribution in [2.45, 2.75) is 65.4 Å². The highest BCUT2D eigenvalue weighted by Crippen LogP contribution is 2.40. The number of imidazole rings is 1. The molecule has 5 rings (SSSR count). The SMILES string of the molecule is Cc1nc2[nH]c3c(c2n1C)C(C)(C)CN(C(=O)c1ccc(OCCN2CCCCC2)cc1)C=C3C(=O)OC(C)C. The van der Waals surface area contributed by atoms with E-state index >= 15 is 0 Å². The van der Waals surface area contributed by atoms with E-state index in [0.717, 1.165) is 47.9 Å². The fraction of sp³-hybridized carbons (Fsp3) is 0.516. The highest BCUT2D eigenvalue weighted by atomic mass is 16.5. The molecule has 0 aliphatic carbocycles. The Kier molecular flexibility index (Phi) is 7.77. The number of carbonyl (C=O) groups excluding carboxylic acids is 2. The summed E-state index contributed by atoms with van der Waals surface area (Å²) in [5, 5.41) is 0. The van der Waals surface area contributed by atoms with E-state index in [1.165, 1.54) is 19.3 Å². The summed E-state index contributed by atoms with van der Waals surface area (Å²) in [7, 11) is 1.97. The first-order valence-electron chi connectivity index (χ1n) is 14.3. The number of benzene rings is 1. The zero-order valence-electron chi connectivity index (χ0n) is 24.5. The fourth-order valence-corrected chi connectivity index (χ4v) is 5.81. The Labute approximate surface area is 236 Å². The van der Waals surface area contributed by atoms with E-state index in [0.29, 0.717) is 30.0 Å². The number of H-pyrrole nitrogens is 1. The molecule has 2 aliphatic heterocycles. The first-order valence-corrected chi connectivity index (χ1v) is 14.3. The molecule has 0 saturated carbocycles. The largest absolute Gasteiger partial charge is 0.492 e. The van der Waals surface area contributed by atoms with Gasteiger partial charge in [-0.05, 0) is 71.0 Å². The molecule has 1 amide bonds. The van der Waals surface area contributed by atoms with E-state index in [1.807, 2.05) is 44.5 Å². The number of hydrogen-bond acceptors (Lipinski definition) is 6. The van der Waals surface area contributed by atoms with Gasteiger partial charge in [-0.3, -0.25) is 9.69 Å². The van der Waals surface area contributed by atoms with Gasteiger partial charge in [0.25, 0.3) is 5.91 Å². The van der Waals surface area contributed by atoms with Crippen LogP contribution in [0.5, 0.6) is 5.75 Å². The fourth-order valence-electron chi connectivity index (χ4n) is 5.81. The lowest BCUT2D eigenvalue weighted by atomic mass is 9.83. The van der Waals surface area contributed by atoms with Crippen LogP contribution in [0.15, 0.2) is 30.5 Å². The van der Waals surface area contributed by atoms with Crippen LogP contribution < -0.4 is 4.74 Å². The Hall–Kier alpha value is -3.59.